The highest BCUT2D eigenvalue weighted by Gasteiger charge is 2.10. The van der Waals surface area contributed by atoms with Crippen LogP contribution in [0, 0.1) is 6.92 Å². The Labute approximate surface area is 117 Å². The van der Waals surface area contributed by atoms with Gasteiger partial charge in [0.05, 0.1) is 18.4 Å². The maximum Gasteiger partial charge on any atom is 0.261 e. The molecule has 0 bridgehead atoms. The molecule has 2 rings (SSSR count). The first-order valence-electron chi connectivity index (χ1n) is 6.46. The molecular weight excluding hydrogens is 254 g/mol. The first-order chi connectivity index (χ1) is 9.62. The molecule has 104 valence electrons. The number of benzene rings is 1. The third-order valence-electron chi connectivity index (χ3n) is 3.34. The molecule has 1 aromatic heterocycles. The van der Waals surface area contributed by atoms with E-state index >= 15 is 0 Å². The summed E-state index contributed by atoms with van der Waals surface area (Å²) in [5.74, 6) is 0.809. The van der Waals surface area contributed by atoms with Gasteiger partial charge < -0.3 is 9.30 Å². The van der Waals surface area contributed by atoms with Crippen molar-refractivity contribution in [1.29, 1.82) is 0 Å². The normalized spacial score (nSPS) is 10.3. The van der Waals surface area contributed by atoms with E-state index < -0.39 is 0 Å². The molecule has 0 unspecified atom stereocenters. The van der Waals surface area contributed by atoms with Crippen LogP contribution in [0.25, 0.3) is 11.3 Å². The van der Waals surface area contributed by atoms with Gasteiger partial charge in [-0.3, -0.25) is 9.59 Å². The maximum absolute atomic E-state index is 12.1. The van der Waals surface area contributed by atoms with Crippen LogP contribution >= 0.6 is 0 Å². The molecule has 0 amide bonds. The fourth-order valence-electron chi connectivity index (χ4n) is 2.29. The van der Waals surface area contributed by atoms with Gasteiger partial charge in [-0.1, -0.05) is 0 Å². The van der Waals surface area contributed by atoms with E-state index in [-0.39, 0.29) is 11.1 Å². The van der Waals surface area contributed by atoms with E-state index in [0.29, 0.717) is 12.8 Å². The van der Waals surface area contributed by atoms with Crippen molar-refractivity contribution in [2.45, 2.75) is 20.4 Å². The zero-order valence-corrected chi connectivity index (χ0v) is 11.8. The van der Waals surface area contributed by atoms with Crippen molar-refractivity contribution < 1.29 is 9.53 Å². The molecule has 1 heterocycles. The average molecular weight is 271 g/mol. The Morgan fingerprint density at radius 1 is 1.25 bits per heavy atom. The molecule has 0 atom stereocenters. The SMILES string of the molecule is CCn1c(-c2ccc(OC)c(C)c2)ccc(C=O)c1=O. The van der Waals surface area contributed by atoms with Crippen molar-refractivity contribution >= 4 is 6.29 Å². The number of carbonyl (C=O) groups is 1. The molecule has 0 radical (unpaired) electrons. The van der Waals surface area contributed by atoms with Gasteiger partial charge in [0.15, 0.2) is 6.29 Å². The number of carbonyl (C=O) groups excluding carboxylic acids is 1. The summed E-state index contributed by atoms with van der Waals surface area (Å²) in [7, 11) is 1.63. The van der Waals surface area contributed by atoms with Crippen LogP contribution in [0.3, 0.4) is 0 Å². The number of aldehydes is 1. The maximum atomic E-state index is 12.1. The third-order valence-corrected chi connectivity index (χ3v) is 3.34. The largest absolute Gasteiger partial charge is 0.496 e. The zero-order valence-electron chi connectivity index (χ0n) is 11.8. The van der Waals surface area contributed by atoms with Crippen LogP contribution < -0.4 is 10.3 Å². The van der Waals surface area contributed by atoms with E-state index in [0.717, 1.165) is 22.6 Å². The second-order valence-electron chi connectivity index (χ2n) is 4.53. The van der Waals surface area contributed by atoms with Gasteiger partial charge in [-0.05, 0) is 55.3 Å². The molecule has 0 aliphatic carbocycles. The molecule has 1 aromatic carbocycles. The van der Waals surface area contributed by atoms with Crippen LogP contribution in [0.2, 0.25) is 0 Å². The van der Waals surface area contributed by atoms with E-state index in [9.17, 15) is 9.59 Å². The first kappa shape index (κ1) is 14.1. The van der Waals surface area contributed by atoms with Crippen LogP contribution in [0.1, 0.15) is 22.8 Å². The number of aryl methyl sites for hydroxylation is 1. The van der Waals surface area contributed by atoms with Crippen LogP contribution in [0.5, 0.6) is 5.75 Å². The van der Waals surface area contributed by atoms with Crippen molar-refractivity contribution in [3.63, 3.8) is 0 Å². The monoisotopic (exact) mass is 271 g/mol. The number of nitrogens with zero attached hydrogens (tertiary/aromatic N) is 1. The van der Waals surface area contributed by atoms with Crippen molar-refractivity contribution in [3.8, 4) is 17.0 Å². The second-order valence-corrected chi connectivity index (χ2v) is 4.53. The van der Waals surface area contributed by atoms with Gasteiger partial charge in [-0.15, -0.1) is 0 Å². The number of aromatic nitrogens is 1. The summed E-state index contributed by atoms with van der Waals surface area (Å²) in [4.78, 5) is 23.0. The van der Waals surface area contributed by atoms with Gasteiger partial charge >= 0.3 is 0 Å². The summed E-state index contributed by atoms with van der Waals surface area (Å²) in [6.45, 7) is 4.35. The minimum atomic E-state index is -0.256. The number of ether oxygens (including phenoxy) is 1. The molecule has 0 N–H and O–H groups in total. The Morgan fingerprint density at radius 2 is 2.00 bits per heavy atom. The Kier molecular flexibility index (Phi) is 4.03. The molecule has 20 heavy (non-hydrogen) atoms. The molecule has 0 spiro atoms. The number of rotatable bonds is 4. The van der Waals surface area contributed by atoms with Crippen molar-refractivity contribution in [3.05, 3.63) is 51.8 Å². The molecule has 0 aliphatic rings. The molecule has 0 saturated heterocycles. The van der Waals surface area contributed by atoms with Crippen LogP contribution in [-0.4, -0.2) is 18.0 Å². The Morgan fingerprint density at radius 3 is 2.55 bits per heavy atom. The van der Waals surface area contributed by atoms with Gasteiger partial charge in [0.2, 0.25) is 0 Å². The molecule has 0 fully saturated rings. The van der Waals surface area contributed by atoms with Gasteiger partial charge in [-0.25, -0.2) is 0 Å². The van der Waals surface area contributed by atoms with Crippen LogP contribution in [0.4, 0.5) is 0 Å². The quantitative estimate of drug-likeness (QED) is 0.803. The Balaban J connectivity index is 2.64. The minimum Gasteiger partial charge on any atom is -0.496 e. The molecule has 2 aromatic rings. The van der Waals surface area contributed by atoms with Gasteiger partial charge in [0.25, 0.3) is 5.56 Å². The van der Waals surface area contributed by atoms with E-state index in [1.54, 1.807) is 23.8 Å². The number of hydrogen-bond acceptors (Lipinski definition) is 3. The lowest BCUT2D eigenvalue weighted by Gasteiger charge is -2.13. The predicted octanol–water partition coefficient (Wildman–Crippen LogP) is 2.66. The smallest absolute Gasteiger partial charge is 0.261 e. The van der Waals surface area contributed by atoms with Crippen LogP contribution in [-0.2, 0) is 6.54 Å². The molecule has 0 saturated carbocycles. The molecule has 4 heteroatoms. The lowest BCUT2D eigenvalue weighted by molar-refractivity contribution is 0.112. The third kappa shape index (κ3) is 2.37. The summed E-state index contributed by atoms with van der Waals surface area (Å²) in [5, 5.41) is 0. The topological polar surface area (TPSA) is 48.3 Å². The van der Waals surface area contributed by atoms with Crippen LogP contribution in [0.15, 0.2) is 35.1 Å². The Hall–Kier alpha value is -2.36. The van der Waals surface area contributed by atoms with E-state index in [2.05, 4.69) is 0 Å². The van der Waals surface area contributed by atoms with Crippen molar-refractivity contribution in [2.75, 3.05) is 7.11 Å². The highest BCUT2D eigenvalue weighted by Crippen LogP contribution is 2.25. The molecule has 4 nitrogen and oxygen atoms in total. The number of hydrogen-bond donors (Lipinski definition) is 0. The van der Waals surface area contributed by atoms with E-state index in [4.69, 9.17) is 4.74 Å². The lowest BCUT2D eigenvalue weighted by atomic mass is 10.1. The summed E-state index contributed by atoms with van der Waals surface area (Å²) in [6, 6.07) is 9.13. The fraction of sp³-hybridized carbons (Fsp3) is 0.250. The second kappa shape index (κ2) is 5.74. The lowest BCUT2D eigenvalue weighted by Crippen LogP contribution is -2.24. The average Bonchev–Trinajstić information content (AvgIpc) is 2.46. The van der Waals surface area contributed by atoms with E-state index in [1.807, 2.05) is 32.0 Å². The van der Waals surface area contributed by atoms with Gasteiger partial charge in [-0.2, -0.15) is 0 Å². The van der Waals surface area contributed by atoms with E-state index in [1.165, 1.54) is 0 Å². The zero-order chi connectivity index (χ0) is 14.7. The summed E-state index contributed by atoms with van der Waals surface area (Å²) in [6.07, 6.45) is 0.595. The Bertz CT molecular complexity index is 701. The molecular formula is C16H17NO3. The number of pyridine rings is 1. The van der Waals surface area contributed by atoms with Gasteiger partial charge in [0, 0.05) is 6.54 Å². The van der Waals surface area contributed by atoms with Gasteiger partial charge in [0.1, 0.15) is 5.75 Å². The highest BCUT2D eigenvalue weighted by molar-refractivity contribution is 5.75. The number of methoxy groups -OCH3 is 1. The standard InChI is InChI=1S/C16H17NO3/c1-4-17-14(7-5-13(10-18)16(17)19)12-6-8-15(20-3)11(2)9-12/h5-10H,4H2,1-3H3. The molecule has 0 aliphatic heterocycles. The minimum absolute atomic E-state index is 0.181. The summed E-state index contributed by atoms with van der Waals surface area (Å²) >= 11 is 0. The fourth-order valence-corrected chi connectivity index (χ4v) is 2.29. The van der Waals surface area contributed by atoms with Crippen molar-refractivity contribution in [2.24, 2.45) is 0 Å². The predicted molar refractivity (Wildman–Crippen MR) is 78.5 cm³/mol. The summed E-state index contributed by atoms with van der Waals surface area (Å²) in [5.41, 5.74) is 2.66. The van der Waals surface area contributed by atoms with Crippen molar-refractivity contribution in [1.82, 2.24) is 4.57 Å². The first-order valence-corrected chi connectivity index (χ1v) is 6.46. The highest BCUT2D eigenvalue weighted by atomic mass is 16.5. The summed E-state index contributed by atoms with van der Waals surface area (Å²) < 4.78 is 6.84.